The number of carbonyl (C=O) groups excluding carboxylic acids is 1. The largest absolute Gasteiger partial charge is 0.466 e. The molecule has 0 amide bonds. The first-order chi connectivity index (χ1) is 7.15. The van der Waals surface area contributed by atoms with E-state index in [1.807, 2.05) is 0 Å². The number of carbonyl (C=O) groups is 1. The Morgan fingerprint density at radius 1 is 1.62 bits per heavy atom. The summed E-state index contributed by atoms with van der Waals surface area (Å²) >= 11 is 0. The molecule has 0 spiro atoms. The minimum Gasteiger partial charge on any atom is -0.466 e. The molecule has 0 aliphatic rings. The lowest BCUT2D eigenvalue weighted by atomic mass is 10.1. The lowest BCUT2D eigenvalue weighted by Gasteiger charge is -2.12. The van der Waals surface area contributed by atoms with Gasteiger partial charge in [-0.05, 0) is 13.0 Å². The second kappa shape index (κ2) is 7.03. The zero-order valence-electron chi connectivity index (χ0n) is 9.05. The summed E-state index contributed by atoms with van der Waals surface area (Å²) in [6.45, 7) is 2.11. The van der Waals surface area contributed by atoms with Gasteiger partial charge in [-0.15, -0.1) is 12.4 Å². The van der Waals surface area contributed by atoms with Crippen LogP contribution < -0.4 is 11.5 Å². The minimum absolute atomic E-state index is 0. The van der Waals surface area contributed by atoms with E-state index >= 15 is 0 Å². The number of nitrogens with two attached hydrogens (primary N) is 2. The maximum absolute atomic E-state index is 11.2. The molecule has 1 rings (SSSR count). The van der Waals surface area contributed by atoms with Crippen LogP contribution in [-0.2, 0) is 9.53 Å². The highest BCUT2D eigenvalue weighted by Crippen LogP contribution is 2.18. The molecule has 16 heavy (non-hydrogen) atoms. The van der Waals surface area contributed by atoms with E-state index in [1.54, 1.807) is 25.3 Å². The average Bonchev–Trinajstić information content (AvgIpc) is 2.18. The number of aromatic nitrogens is 1. The van der Waals surface area contributed by atoms with Crippen LogP contribution in [0.3, 0.4) is 0 Å². The summed E-state index contributed by atoms with van der Waals surface area (Å²) in [6, 6.07) is 3.03. The number of nitrogen functional groups attached to an aromatic ring is 1. The van der Waals surface area contributed by atoms with Crippen LogP contribution in [0.15, 0.2) is 18.3 Å². The van der Waals surface area contributed by atoms with Crippen molar-refractivity contribution in [1.29, 1.82) is 0 Å². The monoisotopic (exact) mass is 245 g/mol. The Morgan fingerprint density at radius 3 is 2.88 bits per heavy atom. The molecule has 0 bridgehead atoms. The molecule has 0 fully saturated rings. The molecule has 1 atom stereocenters. The number of hydrogen-bond acceptors (Lipinski definition) is 5. The number of rotatable bonds is 4. The Bertz CT molecular complexity index is 347. The van der Waals surface area contributed by atoms with Gasteiger partial charge in [0.25, 0.3) is 0 Å². The topological polar surface area (TPSA) is 91.2 Å². The Kier molecular flexibility index (Phi) is 6.44. The lowest BCUT2D eigenvalue weighted by Crippen LogP contribution is -2.18. The number of halogens is 1. The first kappa shape index (κ1) is 14.7. The molecule has 1 aromatic rings. The summed E-state index contributed by atoms with van der Waals surface area (Å²) in [7, 11) is 0. The van der Waals surface area contributed by atoms with Gasteiger partial charge in [-0.3, -0.25) is 4.79 Å². The fourth-order valence-corrected chi connectivity index (χ4v) is 1.25. The molecule has 1 aromatic heterocycles. The molecule has 0 aliphatic heterocycles. The van der Waals surface area contributed by atoms with Crippen LogP contribution in [0.4, 0.5) is 5.82 Å². The van der Waals surface area contributed by atoms with Gasteiger partial charge in [0.15, 0.2) is 0 Å². The van der Waals surface area contributed by atoms with Gasteiger partial charge in [-0.1, -0.05) is 6.07 Å². The van der Waals surface area contributed by atoms with Crippen LogP contribution in [0, 0.1) is 0 Å². The van der Waals surface area contributed by atoms with Crippen LogP contribution in [0.25, 0.3) is 0 Å². The highest BCUT2D eigenvalue weighted by molar-refractivity contribution is 5.85. The molecule has 5 nitrogen and oxygen atoms in total. The van der Waals surface area contributed by atoms with E-state index in [1.165, 1.54) is 0 Å². The molecule has 90 valence electrons. The molecule has 0 aromatic carbocycles. The van der Waals surface area contributed by atoms with E-state index in [0.717, 1.165) is 0 Å². The second-order valence-corrected chi connectivity index (χ2v) is 3.09. The Hall–Kier alpha value is -1.33. The van der Waals surface area contributed by atoms with E-state index in [0.29, 0.717) is 18.0 Å². The first-order valence-corrected chi connectivity index (χ1v) is 4.76. The van der Waals surface area contributed by atoms with Gasteiger partial charge in [-0.2, -0.15) is 0 Å². The SMILES string of the molecule is CCOC(=O)C[C@@H](N)c1cccnc1N.Cl. The second-order valence-electron chi connectivity index (χ2n) is 3.09. The van der Waals surface area contributed by atoms with E-state index in [4.69, 9.17) is 16.2 Å². The first-order valence-electron chi connectivity index (χ1n) is 4.76. The smallest absolute Gasteiger partial charge is 0.307 e. The number of ether oxygens (including phenoxy) is 1. The summed E-state index contributed by atoms with van der Waals surface area (Å²) in [5.74, 6) is 0.0301. The summed E-state index contributed by atoms with van der Waals surface area (Å²) in [6.07, 6.45) is 1.69. The van der Waals surface area contributed by atoms with Crippen molar-refractivity contribution in [2.75, 3.05) is 12.3 Å². The molecule has 0 aliphatic carbocycles. The standard InChI is InChI=1S/C10H15N3O2.ClH/c1-2-15-9(14)6-8(11)7-4-3-5-13-10(7)12;/h3-5,8H,2,6,11H2,1H3,(H2,12,13);1H/t8-;/m1./s1. The van der Waals surface area contributed by atoms with Crippen molar-refractivity contribution in [2.24, 2.45) is 5.73 Å². The van der Waals surface area contributed by atoms with Crippen molar-refractivity contribution in [3.8, 4) is 0 Å². The van der Waals surface area contributed by atoms with Crippen LogP contribution >= 0.6 is 12.4 Å². The van der Waals surface area contributed by atoms with Gasteiger partial charge in [-0.25, -0.2) is 4.98 Å². The predicted octanol–water partition coefficient (Wildman–Crippen LogP) is 1.04. The highest BCUT2D eigenvalue weighted by Gasteiger charge is 2.14. The van der Waals surface area contributed by atoms with Crippen LogP contribution in [0.1, 0.15) is 24.9 Å². The quantitative estimate of drug-likeness (QED) is 0.774. The van der Waals surface area contributed by atoms with Crippen molar-refractivity contribution < 1.29 is 9.53 Å². The summed E-state index contributed by atoms with van der Waals surface area (Å²) in [5.41, 5.74) is 12.1. The van der Waals surface area contributed by atoms with Gasteiger partial charge < -0.3 is 16.2 Å². The number of anilines is 1. The van der Waals surface area contributed by atoms with Gasteiger partial charge in [0, 0.05) is 17.8 Å². The zero-order valence-corrected chi connectivity index (χ0v) is 9.87. The summed E-state index contributed by atoms with van der Waals surface area (Å²) in [5, 5.41) is 0. The maximum atomic E-state index is 11.2. The van der Waals surface area contributed by atoms with E-state index in [2.05, 4.69) is 4.98 Å². The number of pyridine rings is 1. The number of esters is 1. The molecular weight excluding hydrogens is 230 g/mol. The van der Waals surface area contributed by atoms with Crippen molar-refractivity contribution in [2.45, 2.75) is 19.4 Å². The zero-order chi connectivity index (χ0) is 11.3. The molecule has 1 heterocycles. The van der Waals surface area contributed by atoms with E-state index < -0.39 is 6.04 Å². The minimum atomic E-state index is -0.460. The Labute approximate surface area is 101 Å². The third kappa shape index (κ3) is 4.04. The fourth-order valence-electron chi connectivity index (χ4n) is 1.25. The average molecular weight is 246 g/mol. The van der Waals surface area contributed by atoms with Crippen molar-refractivity contribution >= 4 is 24.2 Å². The van der Waals surface area contributed by atoms with Gasteiger partial charge in [0.2, 0.25) is 0 Å². The van der Waals surface area contributed by atoms with Crippen molar-refractivity contribution in [1.82, 2.24) is 4.98 Å². The normalized spacial score (nSPS) is 11.4. The third-order valence-electron chi connectivity index (χ3n) is 1.96. The van der Waals surface area contributed by atoms with Crippen molar-refractivity contribution in [3.05, 3.63) is 23.9 Å². The molecule has 0 saturated heterocycles. The molecule has 6 heteroatoms. The maximum Gasteiger partial charge on any atom is 0.307 e. The number of hydrogen-bond donors (Lipinski definition) is 2. The summed E-state index contributed by atoms with van der Waals surface area (Å²) < 4.78 is 4.79. The molecule has 4 N–H and O–H groups in total. The van der Waals surface area contributed by atoms with Crippen LogP contribution in [-0.4, -0.2) is 17.6 Å². The van der Waals surface area contributed by atoms with Crippen LogP contribution in [0.5, 0.6) is 0 Å². The molecular formula is C10H16ClN3O2. The Morgan fingerprint density at radius 2 is 2.31 bits per heavy atom. The molecule has 0 unspecified atom stereocenters. The van der Waals surface area contributed by atoms with E-state index in [9.17, 15) is 4.79 Å². The van der Waals surface area contributed by atoms with Crippen molar-refractivity contribution in [3.63, 3.8) is 0 Å². The summed E-state index contributed by atoms with van der Waals surface area (Å²) in [4.78, 5) is 15.1. The fraction of sp³-hybridized carbons (Fsp3) is 0.400. The predicted molar refractivity (Wildman–Crippen MR) is 64.1 cm³/mol. The van der Waals surface area contributed by atoms with Gasteiger partial charge >= 0.3 is 5.97 Å². The highest BCUT2D eigenvalue weighted by atomic mass is 35.5. The van der Waals surface area contributed by atoms with Gasteiger partial charge in [0.05, 0.1) is 13.0 Å². The lowest BCUT2D eigenvalue weighted by molar-refractivity contribution is -0.143. The van der Waals surface area contributed by atoms with E-state index in [-0.39, 0.29) is 24.8 Å². The van der Waals surface area contributed by atoms with Gasteiger partial charge in [0.1, 0.15) is 5.82 Å². The third-order valence-corrected chi connectivity index (χ3v) is 1.96. The number of nitrogens with zero attached hydrogens (tertiary/aromatic N) is 1. The molecule has 0 saturated carbocycles. The van der Waals surface area contributed by atoms with Crippen LogP contribution in [0.2, 0.25) is 0 Å². The Balaban J connectivity index is 0.00000225. The molecule has 0 radical (unpaired) electrons.